The number of aromatic nitrogens is 2. The minimum absolute atomic E-state index is 0.155. The summed E-state index contributed by atoms with van der Waals surface area (Å²) in [6.07, 6.45) is 6.33. The maximum absolute atomic E-state index is 11.2. The number of carboxylic acid groups (broad SMARTS) is 1. The summed E-state index contributed by atoms with van der Waals surface area (Å²) in [5.74, 6) is 0.395. The van der Waals surface area contributed by atoms with Crippen molar-refractivity contribution >= 4 is 5.97 Å². The fourth-order valence-corrected chi connectivity index (χ4v) is 2.95. The molecule has 0 saturated heterocycles. The molecule has 1 saturated carbocycles. The van der Waals surface area contributed by atoms with Crippen LogP contribution >= 0.6 is 0 Å². The topological polar surface area (TPSA) is 55.1 Å². The van der Waals surface area contributed by atoms with Crippen molar-refractivity contribution in [2.24, 2.45) is 0 Å². The molecule has 104 valence electrons. The summed E-state index contributed by atoms with van der Waals surface area (Å²) in [6.45, 7) is 0.687. The molecule has 1 aliphatic rings. The third-order valence-electron chi connectivity index (χ3n) is 3.94. The molecule has 0 bridgehead atoms. The Morgan fingerprint density at radius 2 is 1.95 bits per heavy atom. The number of imidazole rings is 1. The molecule has 4 heteroatoms. The molecule has 0 aliphatic heterocycles. The van der Waals surface area contributed by atoms with E-state index in [1.165, 1.54) is 18.4 Å². The standard InChI is InChI=1S/C16H18N2O2/c19-16(20)14-11-18(10-12-6-2-1-3-7-12)15(17-14)13-8-4-5-9-13/h1-3,6-7,11,13H,4-5,8-10H2,(H,19,20). The highest BCUT2D eigenvalue weighted by Crippen LogP contribution is 2.33. The van der Waals surface area contributed by atoms with Crippen LogP contribution in [0.1, 0.15) is 53.5 Å². The van der Waals surface area contributed by atoms with E-state index in [1.54, 1.807) is 6.20 Å². The average Bonchev–Trinajstić information content (AvgIpc) is 3.08. The van der Waals surface area contributed by atoms with Gasteiger partial charge in [0.2, 0.25) is 0 Å². The number of carboxylic acids is 1. The van der Waals surface area contributed by atoms with Crippen molar-refractivity contribution in [1.29, 1.82) is 0 Å². The van der Waals surface area contributed by atoms with E-state index in [0.29, 0.717) is 12.5 Å². The molecule has 2 aromatic rings. The predicted octanol–water partition coefficient (Wildman–Crippen LogP) is 3.29. The zero-order valence-electron chi connectivity index (χ0n) is 11.3. The Bertz CT molecular complexity index is 598. The van der Waals surface area contributed by atoms with E-state index in [9.17, 15) is 4.79 Å². The first-order valence-electron chi connectivity index (χ1n) is 7.08. The molecular formula is C16H18N2O2. The quantitative estimate of drug-likeness (QED) is 0.927. The van der Waals surface area contributed by atoms with Gasteiger partial charge in [-0.15, -0.1) is 0 Å². The van der Waals surface area contributed by atoms with Gasteiger partial charge in [0.1, 0.15) is 5.82 Å². The molecule has 20 heavy (non-hydrogen) atoms. The molecule has 0 radical (unpaired) electrons. The molecule has 0 unspecified atom stereocenters. The van der Waals surface area contributed by atoms with Gasteiger partial charge in [0.15, 0.2) is 5.69 Å². The number of hydrogen-bond donors (Lipinski definition) is 1. The molecular weight excluding hydrogens is 252 g/mol. The van der Waals surface area contributed by atoms with Crippen LogP contribution in [0.5, 0.6) is 0 Å². The molecule has 1 aromatic carbocycles. The van der Waals surface area contributed by atoms with Crippen molar-refractivity contribution in [3.05, 3.63) is 53.6 Å². The lowest BCUT2D eigenvalue weighted by atomic mass is 10.1. The highest BCUT2D eigenvalue weighted by Gasteiger charge is 2.24. The molecule has 0 amide bonds. The van der Waals surface area contributed by atoms with Crippen LogP contribution in [0.25, 0.3) is 0 Å². The minimum Gasteiger partial charge on any atom is -0.476 e. The summed E-state index contributed by atoms with van der Waals surface area (Å²) in [5, 5.41) is 9.16. The second kappa shape index (κ2) is 5.49. The van der Waals surface area contributed by atoms with Crippen LogP contribution in [0.4, 0.5) is 0 Å². The predicted molar refractivity (Wildman–Crippen MR) is 75.9 cm³/mol. The molecule has 0 atom stereocenters. The van der Waals surface area contributed by atoms with Gasteiger partial charge in [-0.05, 0) is 18.4 Å². The normalized spacial score (nSPS) is 15.6. The number of hydrogen-bond acceptors (Lipinski definition) is 2. The van der Waals surface area contributed by atoms with Crippen LogP contribution in [0.15, 0.2) is 36.5 Å². The monoisotopic (exact) mass is 270 g/mol. The highest BCUT2D eigenvalue weighted by molar-refractivity contribution is 5.85. The van der Waals surface area contributed by atoms with Crippen LogP contribution in [0.3, 0.4) is 0 Å². The Kier molecular flexibility index (Phi) is 3.54. The number of carbonyl (C=O) groups is 1. The highest BCUT2D eigenvalue weighted by atomic mass is 16.4. The largest absolute Gasteiger partial charge is 0.476 e. The fourth-order valence-electron chi connectivity index (χ4n) is 2.95. The van der Waals surface area contributed by atoms with Gasteiger partial charge >= 0.3 is 5.97 Å². The summed E-state index contributed by atoms with van der Waals surface area (Å²) in [7, 11) is 0. The van der Waals surface area contributed by atoms with Crippen LogP contribution in [-0.4, -0.2) is 20.6 Å². The molecule has 4 nitrogen and oxygen atoms in total. The van der Waals surface area contributed by atoms with Crippen molar-refractivity contribution in [2.75, 3.05) is 0 Å². The maximum atomic E-state index is 11.2. The summed E-state index contributed by atoms with van der Waals surface area (Å²) in [6, 6.07) is 10.1. The van der Waals surface area contributed by atoms with Crippen LogP contribution < -0.4 is 0 Å². The van der Waals surface area contributed by atoms with Gasteiger partial charge in [-0.25, -0.2) is 9.78 Å². The Labute approximate surface area is 118 Å². The van der Waals surface area contributed by atoms with Crippen molar-refractivity contribution < 1.29 is 9.90 Å². The molecule has 0 spiro atoms. The van der Waals surface area contributed by atoms with E-state index < -0.39 is 5.97 Å². The van der Waals surface area contributed by atoms with Gasteiger partial charge in [-0.1, -0.05) is 43.2 Å². The smallest absolute Gasteiger partial charge is 0.356 e. The van der Waals surface area contributed by atoms with Crippen molar-refractivity contribution in [1.82, 2.24) is 9.55 Å². The van der Waals surface area contributed by atoms with Gasteiger partial charge in [0.05, 0.1) is 0 Å². The van der Waals surface area contributed by atoms with Crippen LogP contribution in [0.2, 0.25) is 0 Å². The average molecular weight is 270 g/mol. The Morgan fingerprint density at radius 1 is 1.25 bits per heavy atom. The Morgan fingerprint density at radius 3 is 2.60 bits per heavy atom. The van der Waals surface area contributed by atoms with Gasteiger partial charge in [0, 0.05) is 18.7 Å². The zero-order valence-corrected chi connectivity index (χ0v) is 11.3. The maximum Gasteiger partial charge on any atom is 0.356 e. The van der Waals surface area contributed by atoms with Crippen LogP contribution in [-0.2, 0) is 6.54 Å². The number of aromatic carboxylic acids is 1. The van der Waals surface area contributed by atoms with Crippen molar-refractivity contribution in [3.63, 3.8) is 0 Å². The Hall–Kier alpha value is -2.10. The zero-order chi connectivity index (χ0) is 13.9. The lowest BCUT2D eigenvalue weighted by Gasteiger charge is -2.12. The van der Waals surface area contributed by atoms with Gasteiger partial charge in [-0.3, -0.25) is 0 Å². The second-order valence-corrected chi connectivity index (χ2v) is 5.38. The first kappa shape index (κ1) is 12.9. The number of benzene rings is 1. The molecule has 1 aromatic heterocycles. The fraction of sp³-hybridized carbons (Fsp3) is 0.375. The van der Waals surface area contributed by atoms with Crippen molar-refractivity contribution in [2.45, 2.75) is 38.1 Å². The summed E-state index contributed by atoms with van der Waals surface area (Å²) in [5.41, 5.74) is 1.32. The lowest BCUT2D eigenvalue weighted by molar-refractivity contribution is 0.0691. The number of rotatable bonds is 4. The van der Waals surface area contributed by atoms with E-state index in [1.807, 2.05) is 22.8 Å². The molecule has 3 rings (SSSR count). The van der Waals surface area contributed by atoms with Crippen LogP contribution in [0, 0.1) is 0 Å². The third-order valence-corrected chi connectivity index (χ3v) is 3.94. The summed E-state index contributed by atoms with van der Waals surface area (Å²) in [4.78, 5) is 15.5. The summed E-state index contributed by atoms with van der Waals surface area (Å²) >= 11 is 0. The Balaban J connectivity index is 1.93. The van der Waals surface area contributed by atoms with Gasteiger partial charge in [-0.2, -0.15) is 0 Å². The summed E-state index contributed by atoms with van der Waals surface area (Å²) < 4.78 is 2.01. The minimum atomic E-state index is -0.948. The van der Waals surface area contributed by atoms with E-state index in [-0.39, 0.29) is 5.69 Å². The number of nitrogens with zero attached hydrogens (tertiary/aromatic N) is 2. The third kappa shape index (κ3) is 2.59. The first-order chi connectivity index (χ1) is 9.74. The molecule has 1 fully saturated rings. The second-order valence-electron chi connectivity index (χ2n) is 5.38. The SMILES string of the molecule is O=C(O)c1cn(Cc2ccccc2)c(C2CCCC2)n1. The molecule has 1 N–H and O–H groups in total. The molecule has 1 heterocycles. The van der Waals surface area contributed by atoms with Gasteiger partial charge in [0.25, 0.3) is 0 Å². The van der Waals surface area contributed by atoms with Crippen molar-refractivity contribution in [3.8, 4) is 0 Å². The molecule has 1 aliphatic carbocycles. The lowest BCUT2D eigenvalue weighted by Crippen LogP contribution is -2.07. The first-order valence-corrected chi connectivity index (χ1v) is 7.08. The van der Waals surface area contributed by atoms with E-state index in [2.05, 4.69) is 17.1 Å². The van der Waals surface area contributed by atoms with Gasteiger partial charge < -0.3 is 9.67 Å². The van der Waals surface area contributed by atoms with E-state index in [0.717, 1.165) is 18.7 Å². The van der Waals surface area contributed by atoms with E-state index in [4.69, 9.17) is 5.11 Å². The van der Waals surface area contributed by atoms with E-state index >= 15 is 0 Å².